The van der Waals surface area contributed by atoms with E-state index in [1.54, 1.807) is 18.6 Å². The van der Waals surface area contributed by atoms with Gasteiger partial charge in [0.15, 0.2) is 0 Å². The van der Waals surface area contributed by atoms with E-state index in [0.717, 1.165) is 4.88 Å². The summed E-state index contributed by atoms with van der Waals surface area (Å²) in [5.41, 5.74) is 0.628. The second-order valence-electron chi connectivity index (χ2n) is 4.25. The number of carbonyl (C=O) groups excluding carboxylic acids is 1. The molecule has 1 rings (SSSR count). The molecular formula is C14H19NO3S. The molecule has 104 valence electrons. The first-order valence-electron chi connectivity index (χ1n) is 6.12. The summed E-state index contributed by atoms with van der Waals surface area (Å²) in [6.07, 6.45) is 0.452. The monoisotopic (exact) mass is 281 g/mol. The lowest BCUT2D eigenvalue weighted by Gasteiger charge is -2.10. The van der Waals surface area contributed by atoms with Gasteiger partial charge in [-0.15, -0.1) is 11.3 Å². The minimum Gasteiger partial charge on any atom is -0.395 e. The molecule has 0 aliphatic carbocycles. The van der Waals surface area contributed by atoms with Gasteiger partial charge in [0.25, 0.3) is 5.91 Å². The minimum absolute atomic E-state index is 0.0586. The molecule has 0 aromatic carbocycles. The van der Waals surface area contributed by atoms with Crippen molar-refractivity contribution < 1.29 is 14.6 Å². The van der Waals surface area contributed by atoms with Gasteiger partial charge in [0.05, 0.1) is 23.7 Å². The van der Waals surface area contributed by atoms with Gasteiger partial charge < -0.3 is 15.2 Å². The summed E-state index contributed by atoms with van der Waals surface area (Å²) < 4.78 is 5.01. The van der Waals surface area contributed by atoms with Crippen molar-refractivity contribution in [2.45, 2.75) is 13.3 Å². The Morgan fingerprint density at radius 2 is 2.42 bits per heavy atom. The van der Waals surface area contributed by atoms with Crippen LogP contribution < -0.4 is 5.32 Å². The first-order valence-corrected chi connectivity index (χ1v) is 7.00. The van der Waals surface area contributed by atoms with E-state index < -0.39 is 0 Å². The van der Waals surface area contributed by atoms with Crippen LogP contribution in [0.5, 0.6) is 0 Å². The smallest absolute Gasteiger partial charge is 0.252 e. The zero-order chi connectivity index (χ0) is 14.1. The molecule has 0 radical (unpaired) electrons. The van der Waals surface area contributed by atoms with Crippen LogP contribution in [0, 0.1) is 17.8 Å². The molecule has 1 unspecified atom stereocenters. The van der Waals surface area contributed by atoms with Crippen LogP contribution in [0.3, 0.4) is 0 Å². The lowest BCUT2D eigenvalue weighted by Crippen LogP contribution is -2.29. The van der Waals surface area contributed by atoms with Crippen LogP contribution in [0.4, 0.5) is 0 Å². The minimum atomic E-state index is -0.0885. The maximum atomic E-state index is 11.9. The lowest BCUT2D eigenvalue weighted by molar-refractivity contribution is 0.0934. The summed E-state index contributed by atoms with van der Waals surface area (Å²) in [4.78, 5) is 12.7. The second-order valence-corrected chi connectivity index (χ2v) is 5.16. The molecule has 0 saturated heterocycles. The zero-order valence-corrected chi connectivity index (χ0v) is 12.0. The van der Waals surface area contributed by atoms with Crippen LogP contribution in [-0.4, -0.2) is 37.9 Å². The molecule has 0 bridgehead atoms. The standard InChI is InChI=1S/C14H19NO3S/c1-11(9-18-2)8-15-14(17)12-7-13(19-10-12)5-3-4-6-16/h7,10-11,16H,4,6,8-9H2,1-2H3,(H,15,17). The summed E-state index contributed by atoms with van der Waals surface area (Å²) in [5.74, 6) is 5.95. The van der Waals surface area contributed by atoms with Crippen molar-refractivity contribution in [3.8, 4) is 11.8 Å². The Morgan fingerprint density at radius 1 is 1.63 bits per heavy atom. The number of nitrogens with one attached hydrogen (secondary N) is 1. The van der Waals surface area contributed by atoms with E-state index in [2.05, 4.69) is 17.2 Å². The lowest BCUT2D eigenvalue weighted by atomic mass is 10.2. The molecule has 4 nitrogen and oxygen atoms in total. The molecule has 0 spiro atoms. The van der Waals surface area contributed by atoms with E-state index in [1.807, 2.05) is 6.92 Å². The topological polar surface area (TPSA) is 58.6 Å². The molecule has 5 heteroatoms. The van der Waals surface area contributed by atoms with Crippen LogP contribution >= 0.6 is 11.3 Å². The average molecular weight is 281 g/mol. The number of methoxy groups -OCH3 is 1. The molecule has 0 fully saturated rings. The van der Waals surface area contributed by atoms with Crippen LogP contribution in [0.25, 0.3) is 0 Å². The third-order valence-corrected chi connectivity index (χ3v) is 3.22. The molecule has 1 amide bonds. The third kappa shape index (κ3) is 5.88. The molecule has 0 aliphatic heterocycles. The highest BCUT2D eigenvalue weighted by molar-refractivity contribution is 7.10. The molecular weight excluding hydrogens is 262 g/mol. The Morgan fingerprint density at radius 3 is 3.11 bits per heavy atom. The fourth-order valence-corrected chi connectivity index (χ4v) is 2.19. The summed E-state index contributed by atoms with van der Waals surface area (Å²) >= 11 is 1.43. The van der Waals surface area contributed by atoms with Gasteiger partial charge in [-0.05, 0) is 12.0 Å². The predicted molar refractivity (Wildman–Crippen MR) is 76.3 cm³/mol. The molecule has 1 heterocycles. The number of carbonyl (C=O) groups is 1. The molecule has 0 aliphatic rings. The van der Waals surface area contributed by atoms with Gasteiger partial charge in [0.1, 0.15) is 0 Å². The van der Waals surface area contributed by atoms with E-state index in [0.29, 0.717) is 25.1 Å². The average Bonchev–Trinajstić information content (AvgIpc) is 2.85. The maximum Gasteiger partial charge on any atom is 0.252 e. The quantitative estimate of drug-likeness (QED) is 0.777. The van der Waals surface area contributed by atoms with Crippen LogP contribution in [-0.2, 0) is 4.74 Å². The maximum absolute atomic E-state index is 11.9. The summed E-state index contributed by atoms with van der Waals surface area (Å²) in [6.45, 7) is 3.29. The van der Waals surface area contributed by atoms with Gasteiger partial charge in [-0.1, -0.05) is 18.8 Å². The molecule has 0 saturated carbocycles. The number of ether oxygens (including phenoxy) is 1. The van der Waals surface area contributed by atoms with Gasteiger partial charge in [-0.25, -0.2) is 0 Å². The molecule has 1 aromatic rings. The Labute approximate surface area is 117 Å². The van der Waals surface area contributed by atoms with Crippen molar-refractivity contribution >= 4 is 17.2 Å². The molecule has 1 aromatic heterocycles. The number of aliphatic hydroxyl groups is 1. The van der Waals surface area contributed by atoms with Crippen molar-refractivity contribution in [2.24, 2.45) is 5.92 Å². The Kier molecular flexibility index (Phi) is 7.19. The first-order chi connectivity index (χ1) is 9.17. The number of amides is 1. The number of hydrogen-bond donors (Lipinski definition) is 2. The summed E-state index contributed by atoms with van der Waals surface area (Å²) in [6, 6.07) is 1.77. The number of thiophene rings is 1. The van der Waals surface area contributed by atoms with Crippen LogP contribution in [0.2, 0.25) is 0 Å². The predicted octanol–water partition coefficient (Wildman–Crippen LogP) is 1.49. The van der Waals surface area contributed by atoms with E-state index in [9.17, 15) is 4.79 Å². The van der Waals surface area contributed by atoms with E-state index in [4.69, 9.17) is 9.84 Å². The Hall–Kier alpha value is -1.35. The number of rotatable bonds is 6. The van der Waals surface area contributed by atoms with Crippen molar-refractivity contribution in [3.05, 3.63) is 21.9 Å². The largest absolute Gasteiger partial charge is 0.395 e. The number of aliphatic hydroxyl groups excluding tert-OH is 1. The normalized spacial score (nSPS) is 11.5. The van der Waals surface area contributed by atoms with E-state index >= 15 is 0 Å². The molecule has 2 N–H and O–H groups in total. The fourth-order valence-electron chi connectivity index (χ4n) is 1.44. The van der Waals surface area contributed by atoms with E-state index in [1.165, 1.54) is 11.3 Å². The number of hydrogen-bond acceptors (Lipinski definition) is 4. The second kappa shape index (κ2) is 8.70. The first kappa shape index (κ1) is 15.7. The third-order valence-electron chi connectivity index (χ3n) is 2.37. The molecule has 1 atom stereocenters. The van der Waals surface area contributed by atoms with Crippen molar-refractivity contribution in [2.75, 3.05) is 26.9 Å². The van der Waals surface area contributed by atoms with Crippen LogP contribution in [0.1, 0.15) is 28.6 Å². The summed E-state index contributed by atoms with van der Waals surface area (Å²) in [5, 5.41) is 13.3. The van der Waals surface area contributed by atoms with Gasteiger partial charge >= 0.3 is 0 Å². The van der Waals surface area contributed by atoms with Gasteiger partial charge in [-0.3, -0.25) is 4.79 Å². The van der Waals surface area contributed by atoms with E-state index in [-0.39, 0.29) is 18.4 Å². The Balaban J connectivity index is 2.48. The van der Waals surface area contributed by atoms with Crippen LogP contribution in [0.15, 0.2) is 11.4 Å². The van der Waals surface area contributed by atoms with Gasteiger partial charge in [-0.2, -0.15) is 0 Å². The van der Waals surface area contributed by atoms with Crippen molar-refractivity contribution in [1.82, 2.24) is 5.32 Å². The highest BCUT2D eigenvalue weighted by Gasteiger charge is 2.09. The highest BCUT2D eigenvalue weighted by Crippen LogP contribution is 2.13. The SMILES string of the molecule is COCC(C)CNC(=O)c1csc(C#CCCO)c1. The zero-order valence-electron chi connectivity index (χ0n) is 11.2. The molecule has 19 heavy (non-hydrogen) atoms. The van der Waals surface area contributed by atoms with Crippen molar-refractivity contribution in [1.29, 1.82) is 0 Å². The Bertz CT molecular complexity index is 459. The highest BCUT2D eigenvalue weighted by atomic mass is 32.1. The van der Waals surface area contributed by atoms with Gasteiger partial charge in [0, 0.05) is 25.5 Å². The summed E-state index contributed by atoms with van der Waals surface area (Å²) in [7, 11) is 1.65. The van der Waals surface area contributed by atoms with Gasteiger partial charge in [0.2, 0.25) is 0 Å². The van der Waals surface area contributed by atoms with Crippen molar-refractivity contribution in [3.63, 3.8) is 0 Å². The fraction of sp³-hybridized carbons (Fsp3) is 0.500.